The molecule has 0 aliphatic heterocycles. The molecule has 0 heterocycles. The first kappa shape index (κ1) is 18.5. The molecule has 1 aromatic carbocycles. The number of aromatic carboxylic acids is 1. The van der Waals surface area contributed by atoms with Gasteiger partial charge in [0.2, 0.25) is 0 Å². The lowest BCUT2D eigenvalue weighted by Gasteiger charge is -2.12. The van der Waals surface area contributed by atoms with Crippen LogP contribution < -0.4 is 0 Å². The van der Waals surface area contributed by atoms with Gasteiger partial charge in [-0.3, -0.25) is 0 Å². The van der Waals surface area contributed by atoms with E-state index in [1.807, 2.05) is 6.07 Å². The van der Waals surface area contributed by atoms with E-state index in [0.717, 1.165) is 49.7 Å². The van der Waals surface area contributed by atoms with Crippen molar-refractivity contribution < 1.29 is 15.0 Å². The van der Waals surface area contributed by atoms with Crippen LogP contribution >= 0.6 is 0 Å². The normalized spacial score (nSPS) is 11.1. The molecule has 0 radical (unpaired) electrons. The first-order chi connectivity index (χ1) is 10.5. The summed E-state index contributed by atoms with van der Waals surface area (Å²) in [4.78, 5) is 11.3. The number of carbonyl (C=O) groups is 1. The standard InChI is InChI=1S/C19H30O3/c1-4-5-6-7-11-16-12-15(10-8-9-14(2)3)13-17(18(16)20)19(21)22/h12-14,20H,4-11H2,1-3H3,(H,21,22). The fourth-order valence-corrected chi connectivity index (χ4v) is 2.72. The van der Waals surface area contributed by atoms with Gasteiger partial charge in [0.1, 0.15) is 11.3 Å². The second-order valence-electron chi connectivity index (χ2n) is 6.55. The Morgan fingerprint density at radius 1 is 1.09 bits per heavy atom. The lowest BCUT2D eigenvalue weighted by Crippen LogP contribution is -2.02. The third kappa shape index (κ3) is 6.08. The Morgan fingerprint density at radius 3 is 2.41 bits per heavy atom. The van der Waals surface area contributed by atoms with E-state index in [1.54, 1.807) is 6.07 Å². The molecule has 0 aromatic heterocycles. The minimum Gasteiger partial charge on any atom is -0.507 e. The van der Waals surface area contributed by atoms with E-state index in [4.69, 9.17) is 0 Å². The van der Waals surface area contributed by atoms with E-state index >= 15 is 0 Å². The molecular weight excluding hydrogens is 276 g/mol. The molecule has 3 nitrogen and oxygen atoms in total. The largest absolute Gasteiger partial charge is 0.507 e. The van der Waals surface area contributed by atoms with Crippen molar-refractivity contribution in [3.05, 3.63) is 28.8 Å². The average molecular weight is 306 g/mol. The van der Waals surface area contributed by atoms with Gasteiger partial charge in [0, 0.05) is 0 Å². The number of aromatic hydroxyl groups is 1. The predicted molar refractivity (Wildman–Crippen MR) is 90.7 cm³/mol. The van der Waals surface area contributed by atoms with Gasteiger partial charge in [-0.15, -0.1) is 0 Å². The number of hydrogen-bond donors (Lipinski definition) is 2. The van der Waals surface area contributed by atoms with Crippen LogP contribution in [0, 0.1) is 5.92 Å². The molecule has 0 saturated carbocycles. The molecule has 0 aliphatic carbocycles. The second kappa shape index (κ2) is 9.50. The summed E-state index contributed by atoms with van der Waals surface area (Å²) in [6.07, 6.45) is 8.28. The number of aryl methyl sites for hydroxylation is 2. The molecular formula is C19H30O3. The molecule has 1 aromatic rings. The Balaban J connectivity index is 2.83. The summed E-state index contributed by atoms with van der Waals surface area (Å²) in [6.45, 7) is 6.55. The number of rotatable bonds is 10. The van der Waals surface area contributed by atoms with Gasteiger partial charge in [-0.25, -0.2) is 4.79 Å². The zero-order valence-corrected chi connectivity index (χ0v) is 14.2. The minimum atomic E-state index is -1.04. The lowest BCUT2D eigenvalue weighted by atomic mass is 9.95. The molecule has 22 heavy (non-hydrogen) atoms. The SMILES string of the molecule is CCCCCCc1cc(CCCC(C)C)cc(C(=O)O)c1O. The van der Waals surface area contributed by atoms with Gasteiger partial charge >= 0.3 is 5.97 Å². The molecule has 124 valence electrons. The van der Waals surface area contributed by atoms with Crippen LogP contribution in [0.5, 0.6) is 5.75 Å². The maximum atomic E-state index is 11.3. The summed E-state index contributed by atoms with van der Waals surface area (Å²) in [5.41, 5.74) is 1.87. The van der Waals surface area contributed by atoms with Crippen LogP contribution in [0.15, 0.2) is 12.1 Å². The van der Waals surface area contributed by atoms with Gasteiger partial charge in [-0.1, -0.05) is 52.5 Å². The number of unbranched alkanes of at least 4 members (excludes halogenated alkanes) is 3. The third-order valence-corrected chi connectivity index (χ3v) is 4.03. The zero-order chi connectivity index (χ0) is 16.5. The first-order valence-corrected chi connectivity index (χ1v) is 8.53. The van der Waals surface area contributed by atoms with Crippen molar-refractivity contribution in [1.82, 2.24) is 0 Å². The number of hydrogen-bond acceptors (Lipinski definition) is 2. The molecule has 2 N–H and O–H groups in total. The average Bonchev–Trinajstić information content (AvgIpc) is 2.45. The van der Waals surface area contributed by atoms with Crippen molar-refractivity contribution in [2.75, 3.05) is 0 Å². The van der Waals surface area contributed by atoms with Crippen molar-refractivity contribution in [3.8, 4) is 5.75 Å². The number of carboxylic acids is 1. The van der Waals surface area contributed by atoms with Crippen LogP contribution in [-0.2, 0) is 12.8 Å². The van der Waals surface area contributed by atoms with E-state index < -0.39 is 5.97 Å². The second-order valence-corrected chi connectivity index (χ2v) is 6.55. The van der Waals surface area contributed by atoms with Crippen LogP contribution in [0.4, 0.5) is 0 Å². The molecule has 0 unspecified atom stereocenters. The summed E-state index contributed by atoms with van der Waals surface area (Å²) in [7, 11) is 0. The highest BCUT2D eigenvalue weighted by atomic mass is 16.4. The van der Waals surface area contributed by atoms with E-state index in [2.05, 4.69) is 20.8 Å². The zero-order valence-electron chi connectivity index (χ0n) is 14.2. The molecule has 1 rings (SSSR count). The molecule has 3 heteroatoms. The van der Waals surface area contributed by atoms with Crippen LogP contribution in [0.3, 0.4) is 0 Å². The highest BCUT2D eigenvalue weighted by Gasteiger charge is 2.15. The van der Waals surface area contributed by atoms with E-state index in [-0.39, 0.29) is 11.3 Å². The van der Waals surface area contributed by atoms with Gasteiger partial charge in [-0.2, -0.15) is 0 Å². The topological polar surface area (TPSA) is 57.5 Å². The summed E-state index contributed by atoms with van der Waals surface area (Å²) in [6, 6.07) is 3.63. The predicted octanol–water partition coefficient (Wildman–Crippen LogP) is 5.19. The summed E-state index contributed by atoms with van der Waals surface area (Å²) in [5, 5.41) is 19.5. The molecule has 0 atom stereocenters. The molecule has 0 amide bonds. The van der Waals surface area contributed by atoms with Gasteiger partial charge in [0.25, 0.3) is 0 Å². The van der Waals surface area contributed by atoms with E-state index in [0.29, 0.717) is 5.92 Å². The van der Waals surface area contributed by atoms with Crippen LogP contribution in [0.2, 0.25) is 0 Å². The molecule has 0 aliphatic rings. The monoisotopic (exact) mass is 306 g/mol. The Labute approximate surface area is 134 Å². The molecule has 0 spiro atoms. The Bertz CT molecular complexity index is 478. The maximum Gasteiger partial charge on any atom is 0.339 e. The smallest absolute Gasteiger partial charge is 0.339 e. The van der Waals surface area contributed by atoms with Gasteiger partial charge in [-0.05, 0) is 48.8 Å². The highest BCUT2D eigenvalue weighted by molar-refractivity contribution is 5.91. The minimum absolute atomic E-state index is 0.0448. The van der Waals surface area contributed by atoms with Crippen LogP contribution in [-0.4, -0.2) is 16.2 Å². The van der Waals surface area contributed by atoms with Crippen molar-refractivity contribution in [2.45, 2.75) is 72.1 Å². The highest BCUT2D eigenvalue weighted by Crippen LogP contribution is 2.27. The number of benzene rings is 1. The molecule has 0 fully saturated rings. The van der Waals surface area contributed by atoms with Crippen molar-refractivity contribution in [1.29, 1.82) is 0 Å². The molecule has 0 saturated heterocycles. The summed E-state index contributed by atoms with van der Waals surface area (Å²) < 4.78 is 0. The Kier molecular flexibility index (Phi) is 8.00. The summed E-state index contributed by atoms with van der Waals surface area (Å²) in [5.74, 6) is -0.431. The van der Waals surface area contributed by atoms with E-state index in [1.165, 1.54) is 12.8 Å². The fraction of sp³-hybridized carbons (Fsp3) is 0.632. The van der Waals surface area contributed by atoms with Crippen molar-refractivity contribution >= 4 is 5.97 Å². The van der Waals surface area contributed by atoms with Crippen LogP contribution in [0.25, 0.3) is 0 Å². The van der Waals surface area contributed by atoms with Crippen molar-refractivity contribution in [3.63, 3.8) is 0 Å². The lowest BCUT2D eigenvalue weighted by molar-refractivity contribution is 0.0693. The molecule has 0 bridgehead atoms. The maximum absolute atomic E-state index is 11.3. The quantitative estimate of drug-likeness (QED) is 0.585. The third-order valence-electron chi connectivity index (χ3n) is 4.03. The number of carboxylic acid groups (broad SMARTS) is 1. The van der Waals surface area contributed by atoms with Gasteiger partial charge in [0.15, 0.2) is 0 Å². The van der Waals surface area contributed by atoms with Gasteiger partial charge < -0.3 is 10.2 Å². The number of phenols is 1. The Hall–Kier alpha value is -1.51. The van der Waals surface area contributed by atoms with Crippen molar-refractivity contribution in [2.24, 2.45) is 5.92 Å². The van der Waals surface area contributed by atoms with E-state index in [9.17, 15) is 15.0 Å². The summed E-state index contributed by atoms with van der Waals surface area (Å²) >= 11 is 0. The Morgan fingerprint density at radius 2 is 1.82 bits per heavy atom. The van der Waals surface area contributed by atoms with Crippen LogP contribution in [0.1, 0.15) is 80.8 Å². The fourth-order valence-electron chi connectivity index (χ4n) is 2.72. The van der Waals surface area contributed by atoms with Gasteiger partial charge in [0.05, 0.1) is 0 Å². The first-order valence-electron chi connectivity index (χ1n) is 8.53.